The van der Waals surface area contributed by atoms with Crippen LogP contribution in [0.5, 0.6) is 0 Å². The molecule has 0 saturated heterocycles. The molecule has 0 aliphatic rings. The van der Waals surface area contributed by atoms with Gasteiger partial charge in [0.15, 0.2) is 0 Å². The Morgan fingerprint density at radius 3 is 2.58 bits per heavy atom. The van der Waals surface area contributed by atoms with Gasteiger partial charge in [-0.2, -0.15) is 0 Å². The predicted molar refractivity (Wildman–Crippen MR) is 58.1 cm³/mol. The molecule has 0 aliphatic heterocycles. The van der Waals surface area contributed by atoms with E-state index in [2.05, 4.69) is 31.9 Å². The summed E-state index contributed by atoms with van der Waals surface area (Å²) in [4.78, 5) is 11.6. The quantitative estimate of drug-likeness (QED) is 0.857. The maximum Gasteiger partial charge on any atom is 0.259 e. The highest BCUT2D eigenvalue weighted by atomic mass is 79.9. The van der Waals surface area contributed by atoms with Crippen molar-refractivity contribution in [3.8, 4) is 0 Å². The summed E-state index contributed by atoms with van der Waals surface area (Å²) in [6.45, 7) is 0. The van der Waals surface area contributed by atoms with Crippen molar-refractivity contribution in [3.63, 3.8) is 0 Å². The standard InChI is InChI=1S/C7H7Br2NOS/c8-1-4-3-12-6(7(10)11)5(4)2-9/h3H,1-2H2,(H2,10,11). The Hall–Kier alpha value is 0.130. The van der Waals surface area contributed by atoms with Crippen LogP contribution < -0.4 is 5.73 Å². The molecule has 1 heterocycles. The van der Waals surface area contributed by atoms with Gasteiger partial charge in [-0.25, -0.2) is 0 Å². The molecule has 66 valence electrons. The Morgan fingerprint density at radius 2 is 2.17 bits per heavy atom. The smallest absolute Gasteiger partial charge is 0.259 e. The molecule has 0 aromatic carbocycles. The summed E-state index contributed by atoms with van der Waals surface area (Å²) >= 11 is 8.07. The summed E-state index contributed by atoms with van der Waals surface area (Å²) < 4.78 is 0. The number of hydrogen-bond acceptors (Lipinski definition) is 2. The van der Waals surface area contributed by atoms with Crippen molar-refractivity contribution in [3.05, 3.63) is 21.4 Å². The van der Waals surface area contributed by atoms with E-state index in [0.29, 0.717) is 10.2 Å². The van der Waals surface area contributed by atoms with Gasteiger partial charge in [0.1, 0.15) is 0 Å². The van der Waals surface area contributed by atoms with E-state index in [9.17, 15) is 4.79 Å². The number of nitrogens with two attached hydrogens (primary N) is 1. The fourth-order valence-electron chi connectivity index (χ4n) is 0.884. The summed E-state index contributed by atoms with van der Waals surface area (Å²) in [5.74, 6) is -0.346. The van der Waals surface area contributed by atoms with E-state index in [1.807, 2.05) is 5.38 Å². The first-order chi connectivity index (χ1) is 5.70. The second-order valence-electron chi connectivity index (χ2n) is 2.20. The lowest BCUT2D eigenvalue weighted by Gasteiger charge is -1.97. The molecular weight excluding hydrogens is 306 g/mol. The predicted octanol–water partition coefficient (Wildman–Crippen LogP) is 2.64. The van der Waals surface area contributed by atoms with Crippen LogP contribution in [-0.4, -0.2) is 5.91 Å². The Kier molecular flexibility index (Phi) is 3.74. The lowest BCUT2D eigenvalue weighted by Crippen LogP contribution is -2.10. The zero-order chi connectivity index (χ0) is 9.14. The number of carbonyl (C=O) groups is 1. The van der Waals surface area contributed by atoms with Crippen molar-refractivity contribution in [1.82, 2.24) is 0 Å². The third-order valence-electron chi connectivity index (χ3n) is 1.48. The third kappa shape index (κ3) is 1.89. The van der Waals surface area contributed by atoms with E-state index in [1.54, 1.807) is 0 Å². The van der Waals surface area contributed by atoms with Gasteiger partial charge in [0.2, 0.25) is 0 Å². The molecule has 1 amide bonds. The van der Waals surface area contributed by atoms with Crippen LogP contribution in [0.1, 0.15) is 20.8 Å². The highest BCUT2D eigenvalue weighted by Crippen LogP contribution is 2.26. The van der Waals surface area contributed by atoms with Crippen LogP contribution >= 0.6 is 43.2 Å². The van der Waals surface area contributed by atoms with E-state index in [4.69, 9.17) is 5.73 Å². The fourth-order valence-corrected chi connectivity index (χ4v) is 3.37. The first kappa shape index (κ1) is 10.2. The van der Waals surface area contributed by atoms with Crippen LogP contribution in [0.15, 0.2) is 5.38 Å². The topological polar surface area (TPSA) is 43.1 Å². The van der Waals surface area contributed by atoms with Crippen molar-refractivity contribution < 1.29 is 4.79 Å². The van der Waals surface area contributed by atoms with Crippen molar-refractivity contribution in [2.75, 3.05) is 0 Å². The minimum atomic E-state index is -0.346. The highest BCUT2D eigenvalue weighted by molar-refractivity contribution is 9.09. The molecule has 1 rings (SSSR count). The second kappa shape index (κ2) is 4.39. The molecule has 1 aromatic rings. The lowest BCUT2D eigenvalue weighted by atomic mass is 10.2. The van der Waals surface area contributed by atoms with Gasteiger partial charge in [-0.1, -0.05) is 31.9 Å². The van der Waals surface area contributed by atoms with Gasteiger partial charge in [0.25, 0.3) is 5.91 Å². The molecule has 0 atom stereocenters. The Morgan fingerprint density at radius 1 is 1.50 bits per heavy atom. The summed E-state index contributed by atoms with van der Waals surface area (Å²) in [5.41, 5.74) is 7.33. The monoisotopic (exact) mass is 311 g/mol. The van der Waals surface area contributed by atoms with Gasteiger partial charge in [0.05, 0.1) is 4.88 Å². The van der Waals surface area contributed by atoms with Crippen LogP contribution in [0.3, 0.4) is 0 Å². The van der Waals surface area contributed by atoms with Crippen LogP contribution in [0.2, 0.25) is 0 Å². The normalized spacial score (nSPS) is 10.2. The molecule has 0 aliphatic carbocycles. The first-order valence-electron chi connectivity index (χ1n) is 3.21. The largest absolute Gasteiger partial charge is 0.365 e. The molecular formula is C7H7Br2NOS. The number of amides is 1. The molecule has 12 heavy (non-hydrogen) atoms. The molecule has 0 spiro atoms. The van der Waals surface area contributed by atoms with Gasteiger partial charge in [-0.05, 0) is 16.5 Å². The SMILES string of the molecule is NC(=O)c1scc(CBr)c1CBr. The lowest BCUT2D eigenvalue weighted by molar-refractivity contribution is 0.100. The Balaban J connectivity index is 3.13. The van der Waals surface area contributed by atoms with E-state index in [-0.39, 0.29) is 5.91 Å². The van der Waals surface area contributed by atoms with Crippen molar-refractivity contribution in [2.45, 2.75) is 10.7 Å². The van der Waals surface area contributed by atoms with E-state index >= 15 is 0 Å². The van der Waals surface area contributed by atoms with Crippen LogP contribution in [0, 0.1) is 0 Å². The minimum Gasteiger partial charge on any atom is -0.365 e. The molecule has 0 radical (unpaired) electrons. The number of rotatable bonds is 3. The third-order valence-corrected chi connectivity index (χ3v) is 3.73. The summed E-state index contributed by atoms with van der Waals surface area (Å²) in [5, 5.41) is 3.39. The van der Waals surface area contributed by atoms with Gasteiger partial charge < -0.3 is 5.73 Å². The van der Waals surface area contributed by atoms with Crippen molar-refractivity contribution in [2.24, 2.45) is 5.73 Å². The van der Waals surface area contributed by atoms with E-state index in [1.165, 1.54) is 11.3 Å². The van der Waals surface area contributed by atoms with Gasteiger partial charge in [0, 0.05) is 10.7 Å². The summed E-state index contributed by atoms with van der Waals surface area (Å²) in [6, 6.07) is 0. The molecule has 0 saturated carbocycles. The number of alkyl halides is 2. The minimum absolute atomic E-state index is 0.346. The number of halogens is 2. The van der Waals surface area contributed by atoms with Crippen molar-refractivity contribution >= 4 is 49.1 Å². The maximum atomic E-state index is 10.9. The van der Waals surface area contributed by atoms with Gasteiger partial charge in [-0.3, -0.25) is 4.79 Å². The van der Waals surface area contributed by atoms with Gasteiger partial charge in [-0.15, -0.1) is 11.3 Å². The fraction of sp³-hybridized carbons (Fsp3) is 0.286. The molecule has 5 heteroatoms. The molecule has 0 unspecified atom stereocenters. The Labute approximate surface area is 91.4 Å². The molecule has 0 bridgehead atoms. The Bertz CT molecular complexity index is 298. The highest BCUT2D eigenvalue weighted by Gasteiger charge is 2.13. The average Bonchev–Trinajstić information content (AvgIpc) is 2.46. The zero-order valence-corrected chi connectivity index (χ0v) is 10.1. The number of hydrogen-bond donors (Lipinski definition) is 1. The molecule has 1 aromatic heterocycles. The van der Waals surface area contributed by atoms with Crippen molar-refractivity contribution in [1.29, 1.82) is 0 Å². The van der Waals surface area contributed by atoms with E-state index < -0.39 is 0 Å². The maximum absolute atomic E-state index is 10.9. The van der Waals surface area contributed by atoms with Crippen LogP contribution in [-0.2, 0) is 10.7 Å². The molecule has 2 nitrogen and oxygen atoms in total. The number of thiophene rings is 1. The van der Waals surface area contributed by atoms with E-state index in [0.717, 1.165) is 16.5 Å². The summed E-state index contributed by atoms with van der Waals surface area (Å²) in [6.07, 6.45) is 0. The van der Waals surface area contributed by atoms with Crippen LogP contribution in [0.4, 0.5) is 0 Å². The van der Waals surface area contributed by atoms with Crippen LogP contribution in [0.25, 0.3) is 0 Å². The average molecular weight is 313 g/mol. The molecule has 2 N–H and O–H groups in total. The zero-order valence-electron chi connectivity index (χ0n) is 6.14. The second-order valence-corrected chi connectivity index (χ2v) is 4.20. The number of primary amides is 1. The first-order valence-corrected chi connectivity index (χ1v) is 6.34. The molecule has 0 fully saturated rings. The number of carbonyl (C=O) groups excluding carboxylic acids is 1. The summed E-state index contributed by atoms with van der Waals surface area (Å²) in [7, 11) is 0. The van der Waals surface area contributed by atoms with Gasteiger partial charge >= 0.3 is 0 Å².